The minimum atomic E-state index is -4.87. The number of benzene rings is 2. The van der Waals surface area contributed by atoms with Crippen LogP contribution in [-0.4, -0.2) is 52.0 Å². The van der Waals surface area contributed by atoms with Crippen molar-refractivity contribution in [2.45, 2.75) is 51.9 Å². The summed E-state index contributed by atoms with van der Waals surface area (Å²) in [5, 5.41) is 23.8. The molecule has 38 heavy (non-hydrogen) atoms. The van der Waals surface area contributed by atoms with Crippen molar-refractivity contribution in [3.8, 4) is 0 Å². The standard InChI is InChI=1S/C27H30ClF3N2O5/c1-15(2)21(32-22(34)16-11-17(24(36)37)13-19(12-16)27(29,30)31)23(35)33-10-9-26(38,25(3,4)14-33)18-5-7-20(28)8-6-18/h5-8,11-13,15,21,38H,9-10,14H2,1-4H3,(H,32,34)(H,36,37)/t21-,26+/m1/s1. The highest BCUT2D eigenvalue weighted by molar-refractivity contribution is 6.30. The van der Waals surface area contributed by atoms with Crippen molar-refractivity contribution in [2.24, 2.45) is 11.3 Å². The lowest BCUT2D eigenvalue weighted by Crippen LogP contribution is -2.60. The second-order valence-corrected chi connectivity index (χ2v) is 11.0. The summed E-state index contributed by atoms with van der Waals surface area (Å²) in [7, 11) is 0. The number of nitrogens with one attached hydrogen (secondary N) is 1. The van der Waals surface area contributed by atoms with Gasteiger partial charge < -0.3 is 20.4 Å². The molecule has 2 aromatic rings. The fourth-order valence-electron chi connectivity index (χ4n) is 4.75. The number of nitrogens with zero attached hydrogens (tertiary/aromatic N) is 1. The van der Waals surface area contributed by atoms with E-state index in [2.05, 4.69) is 5.32 Å². The number of halogens is 4. The molecule has 1 heterocycles. The Morgan fingerprint density at radius 3 is 2.13 bits per heavy atom. The molecule has 0 aliphatic carbocycles. The second-order valence-electron chi connectivity index (χ2n) is 10.6. The van der Waals surface area contributed by atoms with Gasteiger partial charge in [-0.3, -0.25) is 9.59 Å². The molecule has 7 nitrogen and oxygen atoms in total. The molecular weight excluding hydrogens is 525 g/mol. The number of aliphatic hydroxyl groups is 1. The van der Waals surface area contributed by atoms with Gasteiger partial charge in [-0.25, -0.2) is 4.79 Å². The molecule has 1 aliphatic heterocycles. The van der Waals surface area contributed by atoms with Gasteiger partial charge in [-0.15, -0.1) is 0 Å². The van der Waals surface area contributed by atoms with Crippen LogP contribution in [0.5, 0.6) is 0 Å². The number of carbonyl (C=O) groups excluding carboxylic acids is 2. The summed E-state index contributed by atoms with van der Waals surface area (Å²) in [5.74, 6) is -3.51. The molecule has 2 amide bonds. The van der Waals surface area contributed by atoms with Gasteiger partial charge >= 0.3 is 12.1 Å². The molecule has 2 atom stereocenters. The van der Waals surface area contributed by atoms with Gasteiger partial charge in [-0.2, -0.15) is 13.2 Å². The highest BCUT2D eigenvalue weighted by Crippen LogP contribution is 2.46. The molecule has 3 N–H and O–H groups in total. The minimum Gasteiger partial charge on any atom is -0.478 e. The van der Waals surface area contributed by atoms with E-state index in [1.54, 1.807) is 38.1 Å². The van der Waals surface area contributed by atoms with Crippen LogP contribution in [0.1, 0.15) is 66.0 Å². The number of hydrogen-bond acceptors (Lipinski definition) is 4. The number of amides is 2. The van der Waals surface area contributed by atoms with E-state index < -0.39 is 63.6 Å². The third-order valence-corrected chi connectivity index (χ3v) is 7.32. The smallest absolute Gasteiger partial charge is 0.416 e. The van der Waals surface area contributed by atoms with E-state index in [9.17, 15) is 37.8 Å². The third kappa shape index (κ3) is 5.96. The van der Waals surface area contributed by atoms with Gasteiger partial charge in [0.2, 0.25) is 5.91 Å². The van der Waals surface area contributed by atoms with Gasteiger partial charge in [-0.1, -0.05) is 51.4 Å². The van der Waals surface area contributed by atoms with Crippen LogP contribution in [0.3, 0.4) is 0 Å². The van der Waals surface area contributed by atoms with Crippen molar-refractivity contribution in [1.82, 2.24) is 10.2 Å². The molecule has 0 saturated carbocycles. The van der Waals surface area contributed by atoms with Crippen LogP contribution >= 0.6 is 11.6 Å². The quantitative estimate of drug-likeness (QED) is 0.468. The van der Waals surface area contributed by atoms with Gasteiger partial charge in [0, 0.05) is 29.1 Å². The summed E-state index contributed by atoms with van der Waals surface area (Å²) in [6.07, 6.45) is -4.66. The zero-order valence-corrected chi connectivity index (χ0v) is 22.2. The number of alkyl halides is 3. The molecular formula is C27H30ClF3N2O5. The van der Waals surface area contributed by atoms with Crippen molar-refractivity contribution in [3.63, 3.8) is 0 Å². The van der Waals surface area contributed by atoms with Crippen LogP contribution < -0.4 is 5.32 Å². The van der Waals surface area contributed by atoms with Crippen LogP contribution in [0.4, 0.5) is 13.2 Å². The molecule has 1 fully saturated rings. The fourth-order valence-corrected chi connectivity index (χ4v) is 4.88. The second kappa shape index (κ2) is 10.6. The SMILES string of the molecule is CC(C)[C@@H](NC(=O)c1cc(C(=O)O)cc(C(F)(F)F)c1)C(=O)N1CC[C@](O)(c2ccc(Cl)cc2)C(C)(C)C1. The number of rotatable bonds is 6. The molecule has 0 unspecified atom stereocenters. The number of piperidine rings is 1. The average molecular weight is 555 g/mol. The summed E-state index contributed by atoms with van der Waals surface area (Å²) >= 11 is 5.98. The number of carboxylic acid groups (broad SMARTS) is 1. The topological polar surface area (TPSA) is 107 Å². The van der Waals surface area contributed by atoms with Crippen LogP contribution in [0.15, 0.2) is 42.5 Å². The summed E-state index contributed by atoms with van der Waals surface area (Å²) in [4.78, 5) is 39.3. The summed E-state index contributed by atoms with van der Waals surface area (Å²) < 4.78 is 39.9. The lowest BCUT2D eigenvalue weighted by molar-refractivity contribution is -0.155. The predicted molar refractivity (Wildman–Crippen MR) is 135 cm³/mol. The van der Waals surface area contributed by atoms with Crippen molar-refractivity contribution >= 4 is 29.4 Å². The zero-order valence-electron chi connectivity index (χ0n) is 21.4. The Morgan fingerprint density at radius 1 is 1.05 bits per heavy atom. The highest BCUT2D eigenvalue weighted by Gasteiger charge is 2.50. The first kappa shape index (κ1) is 29.4. The normalized spacial score (nSPS) is 20.2. The Labute approximate surface area is 223 Å². The van der Waals surface area contributed by atoms with Gasteiger partial charge in [0.15, 0.2) is 0 Å². The Morgan fingerprint density at radius 2 is 1.63 bits per heavy atom. The molecule has 1 aliphatic rings. The number of hydrogen-bond donors (Lipinski definition) is 3. The Kier molecular flexibility index (Phi) is 8.19. The van der Waals surface area contributed by atoms with Crippen molar-refractivity contribution in [1.29, 1.82) is 0 Å². The van der Waals surface area contributed by atoms with E-state index in [0.29, 0.717) is 22.7 Å². The van der Waals surface area contributed by atoms with E-state index >= 15 is 0 Å². The Bertz CT molecular complexity index is 1230. The molecule has 0 aromatic heterocycles. The minimum absolute atomic E-state index is 0.150. The van der Waals surface area contributed by atoms with Crippen molar-refractivity contribution in [3.05, 3.63) is 69.7 Å². The third-order valence-electron chi connectivity index (χ3n) is 7.07. The van der Waals surface area contributed by atoms with E-state index in [1.165, 1.54) is 4.90 Å². The van der Waals surface area contributed by atoms with E-state index in [-0.39, 0.29) is 19.5 Å². The lowest BCUT2D eigenvalue weighted by atomic mass is 9.66. The molecule has 0 bridgehead atoms. The summed E-state index contributed by atoms with van der Waals surface area (Å²) in [6, 6.07) is 7.57. The number of aromatic carboxylic acids is 1. The van der Waals surface area contributed by atoms with E-state index in [0.717, 1.165) is 6.07 Å². The summed E-state index contributed by atoms with van der Waals surface area (Å²) in [6.45, 7) is 7.32. The molecule has 1 saturated heterocycles. The Hall–Kier alpha value is -3.11. The number of likely N-dealkylation sites (tertiary alicyclic amines) is 1. The first-order chi connectivity index (χ1) is 17.5. The predicted octanol–water partition coefficient (Wildman–Crippen LogP) is 4.96. The molecule has 3 rings (SSSR count). The van der Waals surface area contributed by atoms with Gasteiger partial charge in [-0.05, 0) is 48.2 Å². The molecule has 206 valence electrons. The monoisotopic (exact) mass is 554 g/mol. The first-order valence-electron chi connectivity index (χ1n) is 12.0. The molecule has 0 spiro atoms. The number of carbonyl (C=O) groups is 3. The van der Waals surface area contributed by atoms with Crippen LogP contribution in [0.2, 0.25) is 5.02 Å². The first-order valence-corrected chi connectivity index (χ1v) is 12.4. The molecule has 11 heteroatoms. The molecule has 0 radical (unpaired) electrons. The van der Waals surface area contributed by atoms with Crippen LogP contribution in [0.25, 0.3) is 0 Å². The maximum Gasteiger partial charge on any atom is 0.416 e. The van der Waals surface area contributed by atoms with Gasteiger partial charge in [0.25, 0.3) is 5.91 Å². The lowest BCUT2D eigenvalue weighted by Gasteiger charge is -2.51. The Balaban J connectivity index is 1.84. The van der Waals surface area contributed by atoms with E-state index in [1.807, 2.05) is 13.8 Å². The number of carboxylic acids is 1. The van der Waals surface area contributed by atoms with Gasteiger partial charge in [0.1, 0.15) is 6.04 Å². The van der Waals surface area contributed by atoms with Crippen molar-refractivity contribution in [2.75, 3.05) is 13.1 Å². The molecule has 2 aromatic carbocycles. The van der Waals surface area contributed by atoms with Crippen molar-refractivity contribution < 1.29 is 37.8 Å². The average Bonchev–Trinajstić information content (AvgIpc) is 2.82. The zero-order chi connectivity index (χ0) is 28.6. The maximum atomic E-state index is 13.5. The van der Waals surface area contributed by atoms with Crippen LogP contribution in [-0.2, 0) is 16.6 Å². The van der Waals surface area contributed by atoms with E-state index in [4.69, 9.17) is 11.6 Å². The maximum absolute atomic E-state index is 13.5. The van der Waals surface area contributed by atoms with Gasteiger partial charge in [0.05, 0.1) is 16.7 Å². The summed E-state index contributed by atoms with van der Waals surface area (Å²) in [5.41, 5.74) is -3.89. The van der Waals surface area contributed by atoms with Crippen LogP contribution in [0, 0.1) is 11.3 Å². The largest absolute Gasteiger partial charge is 0.478 e. The highest BCUT2D eigenvalue weighted by atomic mass is 35.5. The fraction of sp³-hybridized carbons (Fsp3) is 0.444.